The van der Waals surface area contributed by atoms with Crippen LogP contribution < -0.4 is 5.73 Å². The highest BCUT2D eigenvalue weighted by atomic mass is 32.1. The molecule has 0 fully saturated rings. The van der Waals surface area contributed by atoms with Crippen LogP contribution in [0.1, 0.15) is 16.1 Å². The Labute approximate surface area is 105 Å². The lowest BCUT2D eigenvalue weighted by Crippen LogP contribution is -2.33. The first-order valence-corrected chi connectivity index (χ1v) is 6.16. The molecule has 0 aromatic carbocycles. The number of carbonyl (C=O) groups is 1. The number of hydrogen-bond donors (Lipinski definition) is 1. The molecule has 0 unspecified atom stereocenters. The predicted octanol–water partition coefficient (Wildman–Crippen LogP) is 2.05. The van der Waals surface area contributed by atoms with E-state index in [1.165, 1.54) is 11.3 Å². The van der Waals surface area contributed by atoms with Crippen molar-refractivity contribution in [2.45, 2.75) is 6.42 Å². The number of hydrogen-bond acceptors (Lipinski definition) is 3. The summed E-state index contributed by atoms with van der Waals surface area (Å²) in [6.07, 6.45) is 2.24. The van der Waals surface area contributed by atoms with Crippen LogP contribution in [0.5, 0.6) is 0 Å². The zero-order valence-corrected chi connectivity index (χ0v) is 10.5. The Morgan fingerprint density at radius 2 is 2.44 bits per heavy atom. The molecule has 0 saturated heterocycles. The highest BCUT2D eigenvalue weighted by Crippen LogP contribution is 2.12. The molecule has 0 aliphatic heterocycles. The standard InChI is InChI=1S/C11H14N2OS2/c1-2-6-13(7-5-10(12)15)11(14)9-4-3-8-16-9/h2-4,8H,1,5-7H2,(H2,12,15). The van der Waals surface area contributed by atoms with Gasteiger partial charge in [-0.15, -0.1) is 17.9 Å². The Morgan fingerprint density at radius 3 is 2.94 bits per heavy atom. The molecule has 0 aliphatic rings. The SMILES string of the molecule is C=CCN(CCC(N)=S)C(=O)c1cccs1. The van der Waals surface area contributed by atoms with Gasteiger partial charge in [-0.05, 0) is 11.4 Å². The van der Waals surface area contributed by atoms with Crippen molar-refractivity contribution in [3.8, 4) is 0 Å². The van der Waals surface area contributed by atoms with Crippen LogP contribution in [-0.4, -0.2) is 28.9 Å². The van der Waals surface area contributed by atoms with Crippen molar-refractivity contribution in [3.63, 3.8) is 0 Å². The fraction of sp³-hybridized carbons (Fsp3) is 0.273. The Bertz CT molecular complexity index is 373. The number of thiophene rings is 1. The lowest BCUT2D eigenvalue weighted by Gasteiger charge is -2.19. The maximum atomic E-state index is 12.0. The molecule has 0 atom stereocenters. The Hall–Kier alpha value is -1.20. The van der Waals surface area contributed by atoms with Crippen molar-refractivity contribution in [1.82, 2.24) is 4.90 Å². The molecule has 1 aromatic rings. The number of carbonyl (C=O) groups excluding carboxylic acids is 1. The van der Waals surface area contributed by atoms with Gasteiger partial charge in [-0.1, -0.05) is 24.4 Å². The Kier molecular flexibility index (Phi) is 5.14. The highest BCUT2D eigenvalue weighted by molar-refractivity contribution is 7.80. The van der Waals surface area contributed by atoms with E-state index in [0.717, 1.165) is 4.88 Å². The van der Waals surface area contributed by atoms with Crippen LogP contribution in [0.3, 0.4) is 0 Å². The van der Waals surface area contributed by atoms with Gasteiger partial charge in [-0.25, -0.2) is 0 Å². The average Bonchev–Trinajstić information content (AvgIpc) is 2.76. The van der Waals surface area contributed by atoms with Crippen LogP contribution >= 0.6 is 23.6 Å². The van der Waals surface area contributed by atoms with Crippen LogP contribution in [0.15, 0.2) is 30.2 Å². The van der Waals surface area contributed by atoms with E-state index in [1.807, 2.05) is 17.5 Å². The maximum absolute atomic E-state index is 12.0. The molecule has 2 N–H and O–H groups in total. The molecule has 1 rings (SSSR count). The molecular weight excluding hydrogens is 240 g/mol. The van der Waals surface area contributed by atoms with Crippen molar-refractivity contribution in [2.75, 3.05) is 13.1 Å². The van der Waals surface area contributed by atoms with E-state index in [4.69, 9.17) is 18.0 Å². The molecule has 0 radical (unpaired) electrons. The van der Waals surface area contributed by atoms with Crippen molar-refractivity contribution >= 4 is 34.5 Å². The fourth-order valence-electron chi connectivity index (χ4n) is 1.23. The third-order valence-corrected chi connectivity index (χ3v) is 3.06. The zero-order valence-electron chi connectivity index (χ0n) is 8.89. The molecule has 16 heavy (non-hydrogen) atoms. The lowest BCUT2D eigenvalue weighted by molar-refractivity contribution is 0.0783. The molecule has 0 saturated carbocycles. The van der Waals surface area contributed by atoms with Crippen molar-refractivity contribution in [1.29, 1.82) is 0 Å². The average molecular weight is 254 g/mol. The monoisotopic (exact) mass is 254 g/mol. The van der Waals surface area contributed by atoms with E-state index in [2.05, 4.69) is 6.58 Å². The topological polar surface area (TPSA) is 46.3 Å². The summed E-state index contributed by atoms with van der Waals surface area (Å²) < 4.78 is 0. The number of amides is 1. The summed E-state index contributed by atoms with van der Waals surface area (Å²) in [6, 6.07) is 3.67. The first-order chi connectivity index (χ1) is 7.65. The predicted molar refractivity (Wildman–Crippen MR) is 71.8 cm³/mol. The Balaban J connectivity index is 2.65. The minimum atomic E-state index is 0.00569. The summed E-state index contributed by atoms with van der Waals surface area (Å²) in [5.74, 6) is 0.00569. The van der Waals surface area contributed by atoms with Gasteiger partial charge in [0.1, 0.15) is 0 Å². The molecule has 0 aliphatic carbocycles. The molecule has 0 spiro atoms. The van der Waals surface area contributed by atoms with Crippen molar-refractivity contribution in [2.24, 2.45) is 5.73 Å². The third kappa shape index (κ3) is 3.75. The van der Waals surface area contributed by atoms with Gasteiger partial charge >= 0.3 is 0 Å². The van der Waals surface area contributed by atoms with Gasteiger partial charge in [0.15, 0.2) is 0 Å². The second-order valence-corrected chi connectivity index (χ2v) is 4.71. The number of nitrogens with zero attached hydrogens (tertiary/aromatic N) is 1. The minimum absolute atomic E-state index is 0.00569. The van der Waals surface area contributed by atoms with Crippen LogP contribution in [0, 0.1) is 0 Å². The first-order valence-electron chi connectivity index (χ1n) is 4.87. The first kappa shape index (κ1) is 12.9. The summed E-state index contributed by atoms with van der Waals surface area (Å²) >= 11 is 6.23. The number of rotatable bonds is 6. The molecule has 3 nitrogen and oxygen atoms in total. The molecule has 1 amide bonds. The van der Waals surface area contributed by atoms with Gasteiger partial charge in [-0.3, -0.25) is 4.79 Å². The van der Waals surface area contributed by atoms with Gasteiger partial charge in [-0.2, -0.15) is 0 Å². The van der Waals surface area contributed by atoms with Crippen molar-refractivity contribution in [3.05, 3.63) is 35.0 Å². The molecule has 1 aromatic heterocycles. The van der Waals surface area contributed by atoms with E-state index in [0.29, 0.717) is 24.5 Å². The largest absolute Gasteiger partial charge is 0.393 e. The molecule has 86 valence electrons. The van der Waals surface area contributed by atoms with Gasteiger partial charge in [0, 0.05) is 19.5 Å². The number of nitrogens with two attached hydrogens (primary N) is 1. The van der Waals surface area contributed by atoms with E-state index in [9.17, 15) is 4.79 Å². The van der Waals surface area contributed by atoms with Crippen LogP contribution in [0.4, 0.5) is 0 Å². The number of thiocarbonyl (C=S) groups is 1. The van der Waals surface area contributed by atoms with Crippen LogP contribution in [-0.2, 0) is 0 Å². The van der Waals surface area contributed by atoms with E-state index in [1.54, 1.807) is 11.0 Å². The van der Waals surface area contributed by atoms with Gasteiger partial charge in [0.2, 0.25) is 0 Å². The second kappa shape index (κ2) is 6.40. The van der Waals surface area contributed by atoms with Gasteiger partial charge in [0.25, 0.3) is 5.91 Å². The molecular formula is C11H14N2OS2. The summed E-state index contributed by atoms with van der Waals surface area (Å²) in [4.78, 5) is 14.9. The van der Waals surface area contributed by atoms with Gasteiger partial charge < -0.3 is 10.6 Å². The smallest absolute Gasteiger partial charge is 0.264 e. The summed E-state index contributed by atoms with van der Waals surface area (Å²) in [5.41, 5.74) is 5.43. The Morgan fingerprint density at radius 1 is 1.69 bits per heavy atom. The summed E-state index contributed by atoms with van der Waals surface area (Å²) in [7, 11) is 0. The van der Waals surface area contributed by atoms with Crippen LogP contribution in [0.25, 0.3) is 0 Å². The summed E-state index contributed by atoms with van der Waals surface area (Å²) in [5, 5.41) is 1.88. The minimum Gasteiger partial charge on any atom is -0.393 e. The van der Waals surface area contributed by atoms with Crippen molar-refractivity contribution < 1.29 is 4.79 Å². The van der Waals surface area contributed by atoms with Crippen LogP contribution in [0.2, 0.25) is 0 Å². The fourth-order valence-corrected chi connectivity index (χ4v) is 2.01. The molecule has 1 heterocycles. The second-order valence-electron chi connectivity index (χ2n) is 3.23. The zero-order chi connectivity index (χ0) is 12.0. The molecule has 5 heteroatoms. The maximum Gasteiger partial charge on any atom is 0.264 e. The van der Waals surface area contributed by atoms with Gasteiger partial charge in [0.05, 0.1) is 9.87 Å². The quantitative estimate of drug-likeness (QED) is 0.624. The third-order valence-electron chi connectivity index (χ3n) is 2.00. The van der Waals surface area contributed by atoms with E-state index in [-0.39, 0.29) is 5.91 Å². The highest BCUT2D eigenvalue weighted by Gasteiger charge is 2.15. The molecule has 0 bridgehead atoms. The normalized spacial score (nSPS) is 9.75. The van der Waals surface area contributed by atoms with E-state index >= 15 is 0 Å². The lowest BCUT2D eigenvalue weighted by atomic mass is 10.3. The van der Waals surface area contributed by atoms with E-state index < -0.39 is 0 Å². The summed E-state index contributed by atoms with van der Waals surface area (Å²) in [6.45, 7) is 4.69.